The Bertz CT molecular complexity index is 137. The monoisotopic (exact) mass is 288 g/mol. The van der Waals surface area contributed by atoms with Crippen molar-refractivity contribution in [1.29, 1.82) is 0 Å². The summed E-state index contributed by atoms with van der Waals surface area (Å²) < 4.78 is 0. The normalized spacial score (nSPS) is 37.8. The van der Waals surface area contributed by atoms with E-state index in [0.717, 1.165) is 11.3 Å². The topological polar surface area (TPSA) is 0 Å². The molecule has 0 amide bonds. The molecule has 2 fully saturated rings. The van der Waals surface area contributed by atoms with E-state index in [0.29, 0.717) is 0 Å². The minimum atomic E-state index is 0. The molecule has 0 aliphatic heterocycles. The van der Waals surface area contributed by atoms with Gasteiger partial charge in [-0.1, -0.05) is 32.1 Å². The van der Waals surface area contributed by atoms with Crippen LogP contribution >= 0.6 is 0 Å². The van der Waals surface area contributed by atoms with Crippen LogP contribution < -0.4 is 24.0 Å². The molecule has 0 aromatic carbocycles. The Morgan fingerprint density at radius 2 is 1.67 bits per heavy atom. The molecule has 66 valence electrons. The van der Waals surface area contributed by atoms with Crippen molar-refractivity contribution >= 4 is 23.1 Å². The predicted octanol–water partition coefficient (Wildman–Crippen LogP) is -0.196. The van der Waals surface area contributed by atoms with Gasteiger partial charge in [-0.05, 0) is 5.92 Å². The second-order valence-electron chi connectivity index (χ2n) is 4.43. The van der Waals surface area contributed by atoms with E-state index in [-0.39, 0.29) is 47.0 Å². The average molecular weight is 288 g/mol. The first-order valence-electron chi connectivity index (χ1n) is 4.54. The molecule has 12 heavy (non-hydrogen) atoms. The molecule has 2 rings (SSSR count). The fourth-order valence-electron chi connectivity index (χ4n) is 2.90. The van der Waals surface area contributed by atoms with Crippen LogP contribution in [0.5, 0.6) is 0 Å². The molecule has 0 nitrogen and oxygen atoms in total. The summed E-state index contributed by atoms with van der Waals surface area (Å²) in [6.07, 6.45) is 7.56. The minimum Gasteiger partial charge on any atom is -1.00 e. The summed E-state index contributed by atoms with van der Waals surface area (Å²) in [6.45, 7) is 4.65. The van der Waals surface area contributed by atoms with Crippen molar-refractivity contribution in [3.05, 3.63) is 5.92 Å². The Morgan fingerprint density at radius 3 is 1.83 bits per heavy atom. The van der Waals surface area contributed by atoms with E-state index < -0.39 is 0 Å². The number of halogens is 1. The van der Waals surface area contributed by atoms with Crippen LogP contribution in [0.3, 0.4) is 0 Å². The molecular formula is C10H17IMg. The van der Waals surface area contributed by atoms with Gasteiger partial charge in [0.25, 0.3) is 0 Å². The summed E-state index contributed by atoms with van der Waals surface area (Å²) in [5.74, 6) is 2.81. The summed E-state index contributed by atoms with van der Waals surface area (Å²) in [5, 5.41) is 0. The van der Waals surface area contributed by atoms with Crippen molar-refractivity contribution < 1.29 is 24.0 Å². The fourth-order valence-corrected chi connectivity index (χ4v) is 2.90. The summed E-state index contributed by atoms with van der Waals surface area (Å²) in [4.78, 5) is 0. The Balaban J connectivity index is 0.000000605. The third kappa shape index (κ3) is 2.11. The van der Waals surface area contributed by atoms with Crippen molar-refractivity contribution in [2.75, 3.05) is 0 Å². The summed E-state index contributed by atoms with van der Waals surface area (Å²) in [5.41, 5.74) is 0.727. The standard InChI is InChI=1S/C10H17.HI.Mg/c1-8(2)10-5-3-9(7-10)4-6-10;;/h9H,3-7H2,1-2H3;1H;/q-1;;+2/p-1. The molecule has 0 radical (unpaired) electrons. The van der Waals surface area contributed by atoms with E-state index >= 15 is 0 Å². The van der Waals surface area contributed by atoms with Gasteiger partial charge in [0.1, 0.15) is 0 Å². The predicted molar refractivity (Wildman–Crippen MR) is 49.4 cm³/mol. The van der Waals surface area contributed by atoms with Gasteiger partial charge >= 0.3 is 23.1 Å². The summed E-state index contributed by atoms with van der Waals surface area (Å²) in [6, 6.07) is 0. The zero-order valence-electron chi connectivity index (χ0n) is 8.20. The van der Waals surface area contributed by atoms with Crippen LogP contribution in [0.25, 0.3) is 0 Å². The number of rotatable bonds is 1. The van der Waals surface area contributed by atoms with Crippen LogP contribution in [0.1, 0.15) is 46.0 Å². The second kappa shape index (κ2) is 4.83. The SMILES string of the molecule is C[C-](C)C12CCC(CC1)C2.[I-].[Mg+2]. The molecule has 0 N–H and O–H groups in total. The fraction of sp³-hybridized carbons (Fsp3) is 0.900. The number of fused-ring (bicyclic) bond motifs is 2. The summed E-state index contributed by atoms with van der Waals surface area (Å²) >= 11 is 0. The third-order valence-corrected chi connectivity index (χ3v) is 3.80. The Labute approximate surface area is 109 Å². The quantitative estimate of drug-likeness (QED) is 0.356. The molecule has 2 aliphatic rings. The van der Waals surface area contributed by atoms with Crippen LogP contribution in [-0.4, -0.2) is 23.1 Å². The maximum absolute atomic E-state index is 2.33. The Hall–Kier alpha value is 1.50. The summed E-state index contributed by atoms with van der Waals surface area (Å²) in [7, 11) is 0. The molecule has 0 atom stereocenters. The van der Waals surface area contributed by atoms with Crippen molar-refractivity contribution in [2.24, 2.45) is 11.3 Å². The molecular weight excluding hydrogens is 271 g/mol. The molecule has 0 aromatic heterocycles. The van der Waals surface area contributed by atoms with Gasteiger partial charge in [-0.3, -0.25) is 0 Å². The van der Waals surface area contributed by atoms with Gasteiger partial charge in [0.05, 0.1) is 0 Å². The van der Waals surface area contributed by atoms with Gasteiger partial charge in [-0.2, -0.15) is 19.3 Å². The van der Waals surface area contributed by atoms with E-state index in [4.69, 9.17) is 0 Å². The minimum absolute atomic E-state index is 0. The molecule has 0 heterocycles. The molecule has 0 saturated heterocycles. The smallest absolute Gasteiger partial charge is 1.00 e. The van der Waals surface area contributed by atoms with Crippen molar-refractivity contribution in [1.82, 2.24) is 0 Å². The van der Waals surface area contributed by atoms with Crippen molar-refractivity contribution in [3.8, 4) is 0 Å². The molecule has 2 saturated carbocycles. The largest absolute Gasteiger partial charge is 2.00 e. The van der Waals surface area contributed by atoms with Gasteiger partial charge in [0, 0.05) is 0 Å². The maximum atomic E-state index is 2.33. The first-order chi connectivity index (χ1) is 4.73. The van der Waals surface area contributed by atoms with Gasteiger partial charge in [-0.25, -0.2) is 0 Å². The number of hydrogen-bond donors (Lipinski definition) is 0. The molecule has 2 bridgehead atoms. The molecule has 0 aromatic rings. The van der Waals surface area contributed by atoms with Crippen LogP contribution in [0.4, 0.5) is 0 Å². The van der Waals surface area contributed by atoms with Crippen LogP contribution in [0.2, 0.25) is 0 Å². The van der Waals surface area contributed by atoms with E-state index in [1.54, 1.807) is 5.92 Å². The van der Waals surface area contributed by atoms with Gasteiger partial charge in [0.2, 0.25) is 0 Å². The Kier molecular flexibility index (Phi) is 5.43. The Morgan fingerprint density at radius 1 is 1.17 bits per heavy atom. The van der Waals surface area contributed by atoms with E-state index in [1.165, 1.54) is 32.1 Å². The molecule has 0 unspecified atom stereocenters. The first kappa shape index (κ1) is 13.5. The van der Waals surface area contributed by atoms with Crippen molar-refractivity contribution in [3.63, 3.8) is 0 Å². The third-order valence-electron chi connectivity index (χ3n) is 3.80. The first-order valence-corrected chi connectivity index (χ1v) is 4.54. The molecule has 2 aliphatic carbocycles. The van der Waals surface area contributed by atoms with E-state index in [2.05, 4.69) is 13.8 Å². The second-order valence-corrected chi connectivity index (χ2v) is 4.43. The zero-order valence-corrected chi connectivity index (χ0v) is 11.8. The van der Waals surface area contributed by atoms with Crippen LogP contribution in [0, 0.1) is 17.3 Å². The molecule has 2 heteroatoms. The van der Waals surface area contributed by atoms with E-state index in [9.17, 15) is 0 Å². The average Bonchev–Trinajstić information content (AvgIpc) is 2.45. The van der Waals surface area contributed by atoms with Crippen LogP contribution in [-0.2, 0) is 0 Å². The zero-order chi connectivity index (χ0) is 7.19. The van der Waals surface area contributed by atoms with E-state index in [1.807, 2.05) is 0 Å². The maximum Gasteiger partial charge on any atom is 2.00 e. The van der Waals surface area contributed by atoms with Gasteiger partial charge < -0.3 is 29.9 Å². The van der Waals surface area contributed by atoms with Crippen LogP contribution in [0.15, 0.2) is 0 Å². The van der Waals surface area contributed by atoms with Crippen molar-refractivity contribution in [2.45, 2.75) is 46.0 Å². The number of hydrogen-bond acceptors (Lipinski definition) is 0. The molecule has 0 spiro atoms. The van der Waals surface area contributed by atoms with Gasteiger partial charge in [-0.15, -0.1) is 0 Å². The van der Waals surface area contributed by atoms with Gasteiger partial charge in [0.15, 0.2) is 0 Å².